The Kier molecular flexibility index (Phi) is 4.99. The highest BCUT2D eigenvalue weighted by molar-refractivity contribution is 5.92. The molecule has 22 heavy (non-hydrogen) atoms. The fourth-order valence-electron chi connectivity index (χ4n) is 2.05. The predicted octanol–water partition coefficient (Wildman–Crippen LogP) is 2.68. The molecule has 3 N–H and O–H groups in total. The van der Waals surface area contributed by atoms with Crippen LogP contribution in [0.4, 0.5) is 0 Å². The van der Waals surface area contributed by atoms with Gasteiger partial charge >= 0.3 is 0 Å². The van der Waals surface area contributed by atoms with Crippen molar-refractivity contribution in [1.82, 2.24) is 5.32 Å². The lowest BCUT2D eigenvalue weighted by Gasteiger charge is -2.06. The van der Waals surface area contributed by atoms with Crippen LogP contribution in [0.3, 0.4) is 0 Å². The summed E-state index contributed by atoms with van der Waals surface area (Å²) in [4.78, 5) is 22.5. The van der Waals surface area contributed by atoms with Crippen molar-refractivity contribution < 1.29 is 14.0 Å². The maximum atomic E-state index is 11.9. The molecule has 0 saturated heterocycles. The summed E-state index contributed by atoms with van der Waals surface area (Å²) >= 11 is 0. The highest BCUT2D eigenvalue weighted by Gasteiger charge is 2.12. The molecule has 0 bridgehead atoms. The number of benzene rings is 1. The Hall–Kier alpha value is -2.56. The fourth-order valence-corrected chi connectivity index (χ4v) is 2.05. The van der Waals surface area contributed by atoms with Gasteiger partial charge in [-0.3, -0.25) is 9.59 Å². The number of furan rings is 1. The molecule has 2 rings (SSSR count). The van der Waals surface area contributed by atoms with Gasteiger partial charge in [0.1, 0.15) is 5.76 Å². The fraction of sp³-hybridized carbons (Fsp3) is 0.294. The lowest BCUT2D eigenvalue weighted by atomic mass is 10.0. The van der Waals surface area contributed by atoms with Crippen LogP contribution >= 0.6 is 0 Å². The molecule has 0 aliphatic rings. The van der Waals surface area contributed by atoms with Gasteiger partial charge in [0.25, 0.3) is 5.91 Å². The number of hydrogen-bond donors (Lipinski definition) is 2. The summed E-state index contributed by atoms with van der Waals surface area (Å²) in [6.07, 6.45) is 0.107. The van der Waals surface area contributed by atoms with Crippen molar-refractivity contribution in [2.45, 2.75) is 26.2 Å². The van der Waals surface area contributed by atoms with E-state index in [1.165, 1.54) is 5.56 Å². The molecular formula is C17H20N2O3. The average molecular weight is 300 g/mol. The Morgan fingerprint density at radius 3 is 2.68 bits per heavy atom. The number of nitrogens with two attached hydrogens (primary N) is 1. The van der Waals surface area contributed by atoms with Gasteiger partial charge in [-0.25, -0.2) is 0 Å². The maximum Gasteiger partial charge on any atom is 0.287 e. The van der Waals surface area contributed by atoms with E-state index in [9.17, 15) is 9.59 Å². The molecule has 1 aromatic carbocycles. The smallest absolute Gasteiger partial charge is 0.287 e. The molecule has 116 valence electrons. The molecule has 1 aromatic heterocycles. The summed E-state index contributed by atoms with van der Waals surface area (Å²) in [5, 5.41) is 2.59. The van der Waals surface area contributed by atoms with Gasteiger partial charge in [-0.15, -0.1) is 0 Å². The van der Waals surface area contributed by atoms with E-state index in [4.69, 9.17) is 10.2 Å². The molecule has 0 atom stereocenters. The summed E-state index contributed by atoms with van der Waals surface area (Å²) in [7, 11) is 0. The first-order valence-electron chi connectivity index (χ1n) is 7.24. The van der Waals surface area contributed by atoms with Gasteiger partial charge < -0.3 is 15.5 Å². The van der Waals surface area contributed by atoms with Crippen LogP contribution in [0.5, 0.6) is 0 Å². The van der Waals surface area contributed by atoms with Crippen LogP contribution in [0.1, 0.15) is 42.3 Å². The van der Waals surface area contributed by atoms with Crippen LogP contribution in [0.2, 0.25) is 0 Å². The zero-order valence-corrected chi connectivity index (χ0v) is 12.8. The number of carbonyl (C=O) groups excluding carboxylic acids is 2. The largest absolute Gasteiger partial charge is 0.451 e. The second-order valence-electron chi connectivity index (χ2n) is 5.42. The topological polar surface area (TPSA) is 85.3 Å². The molecular weight excluding hydrogens is 280 g/mol. The quantitative estimate of drug-likeness (QED) is 0.860. The lowest BCUT2D eigenvalue weighted by Crippen LogP contribution is -2.27. The molecule has 0 saturated carbocycles. The Balaban J connectivity index is 2.09. The van der Waals surface area contributed by atoms with Crippen molar-refractivity contribution in [3.63, 3.8) is 0 Å². The number of carbonyl (C=O) groups is 2. The van der Waals surface area contributed by atoms with Gasteiger partial charge in [-0.2, -0.15) is 0 Å². The van der Waals surface area contributed by atoms with E-state index in [-0.39, 0.29) is 24.6 Å². The normalized spacial score (nSPS) is 10.7. The molecule has 2 aromatic rings. The summed E-state index contributed by atoms with van der Waals surface area (Å²) in [6, 6.07) is 11.4. The van der Waals surface area contributed by atoms with Crippen molar-refractivity contribution in [1.29, 1.82) is 0 Å². The average Bonchev–Trinajstić information content (AvgIpc) is 2.96. The Morgan fingerprint density at radius 1 is 1.23 bits per heavy atom. The van der Waals surface area contributed by atoms with Crippen LogP contribution in [0.25, 0.3) is 11.3 Å². The third-order valence-electron chi connectivity index (χ3n) is 3.32. The Morgan fingerprint density at radius 2 is 2.00 bits per heavy atom. The molecule has 1 heterocycles. The van der Waals surface area contributed by atoms with Crippen LogP contribution in [0.15, 0.2) is 40.8 Å². The van der Waals surface area contributed by atoms with Crippen LogP contribution in [-0.4, -0.2) is 18.4 Å². The van der Waals surface area contributed by atoms with Crippen LogP contribution in [-0.2, 0) is 4.79 Å². The number of amides is 2. The summed E-state index contributed by atoms with van der Waals surface area (Å²) in [6.45, 7) is 4.45. The van der Waals surface area contributed by atoms with Crippen molar-refractivity contribution in [2.75, 3.05) is 6.54 Å². The van der Waals surface area contributed by atoms with Crippen LogP contribution in [0, 0.1) is 0 Å². The summed E-state index contributed by atoms with van der Waals surface area (Å²) < 4.78 is 5.60. The highest BCUT2D eigenvalue weighted by Crippen LogP contribution is 2.25. The molecule has 0 radical (unpaired) electrons. The monoisotopic (exact) mass is 300 g/mol. The highest BCUT2D eigenvalue weighted by atomic mass is 16.3. The number of primary amides is 1. The number of nitrogens with one attached hydrogen (secondary N) is 1. The minimum atomic E-state index is -0.453. The van der Waals surface area contributed by atoms with Gasteiger partial charge in [-0.1, -0.05) is 32.0 Å². The SMILES string of the molecule is CC(C)c1cccc(-c2ccc(C(=O)NCCC(N)=O)o2)c1. The van der Waals surface area contributed by atoms with Gasteiger partial charge in [0.15, 0.2) is 5.76 Å². The molecule has 0 spiro atoms. The third kappa shape index (κ3) is 3.97. The van der Waals surface area contributed by atoms with E-state index in [0.717, 1.165) is 5.56 Å². The predicted molar refractivity (Wildman–Crippen MR) is 84.4 cm³/mol. The first-order valence-corrected chi connectivity index (χ1v) is 7.24. The summed E-state index contributed by atoms with van der Waals surface area (Å²) in [5.74, 6) is 0.474. The molecule has 0 aliphatic heterocycles. The molecule has 2 amide bonds. The lowest BCUT2D eigenvalue weighted by molar-refractivity contribution is -0.117. The van der Waals surface area contributed by atoms with Gasteiger partial charge in [0.05, 0.1) is 0 Å². The standard InChI is InChI=1S/C17H20N2O3/c1-11(2)12-4-3-5-13(10-12)14-6-7-15(22-14)17(21)19-9-8-16(18)20/h3-7,10-11H,8-9H2,1-2H3,(H2,18,20)(H,19,21). The van der Waals surface area contributed by atoms with E-state index < -0.39 is 5.91 Å². The third-order valence-corrected chi connectivity index (χ3v) is 3.32. The molecule has 0 fully saturated rings. The van der Waals surface area contributed by atoms with E-state index in [1.54, 1.807) is 12.1 Å². The van der Waals surface area contributed by atoms with E-state index in [2.05, 4.69) is 31.3 Å². The first kappa shape index (κ1) is 15.8. The van der Waals surface area contributed by atoms with Gasteiger partial charge in [0.2, 0.25) is 5.91 Å². The first-order chi connectivity index (χ1) is 10.5. The van der Waals surface area contributed by atoms with E-state index in [1.807, 2.05) is 12.1 Å². The zero-order valence-electron chi connectivity index (χ0n) is 12.8. The zero-order chi connectivity index (χ0) is 16.1. The summed E-state index contributed by atoms with van der Waals surface area (Å²) in [5.41, 5.74) is 7.16. The van der Waals surface area contributed by atoms with Gasteiger partial charge in [0, 0.05) is 18.5 Å². The maximum absolute atomic E-state index is 11.9. The number of rotatable bonds is 6. The second-order valence-corrected chi connectivity index (χ2v) is 5.42. The second kappa shape index (κ2) is 6.93. The van der Waals surface area contributed by atoms with Crippen molar-refractivity contribution in [3.8, 4) is 11.3 Å². The van der Waals surface area contributed by atoms with Gasteiger partial charge in [-0.05, 0) is 29.7 Å². The molecule has 5 nitrogen and oxygen atoms in total. The Labute approximate surface area is 129 Å². The number of hydrogen-bond acceptors (Lipinski definition) is 3. The molecule has 5 heteroatoms. The minimum Gasteiger partial charge on any atom is -0.451 e. The molecule has 0 aliphatic carbocycles. The van der Waals surface area contributed by atoms with Crippen LogP contribution < -0.4 is 11.1 Å². The minimum absolute atomic E-state index is 0.107. The molecule has 0 unspecified atom stereocenters. The van der Waals surface area contributed by atoms with Crippen molar-refractivity contribution in [3.05, 3.63) is 47.7 Å². The van der Waals surface area contributed by atoms with E-state index >= 15 is 0 Å². The Bertz CT molecular complexity index is 674. The van der Waals surface area contributed by atoms with E-state index in [0.29, 0.717) is 11.7 Å². The van der Waals surface area contributed by atoms with Crippen molar-refractivity contribution in [2.24, 2.45) is 5.73 Å². The van der Waals surface area contributed by atoms with Crippen molar-refractivity contribution >= 4 is 11.8 Å².